The highest BCUT2D eigenvalue weighted by Gasteiger charge is 2.10. The van der Waals surface area contributed by atoms with Crippen LogP contribution >= 0.6 is 0 Å². The van der Waals surface area contributed by atoms with Crippen LogP contribution in [0.1, 0.15) is 17.5 Å². The zero-order valence-electron chi connectivity index (χ0n) is 14.6. The number of aryl methyl sites for hydroxylation is 1. The van der Waals surface area contributed by atoms with E-state index in [9.17, 15) is 4.79 Å². The van der Waals surface area contributed by atoms with Gasteiger partial charge in [0.1, 0.15) is 5.75 Å². The minimum Gasteiger partial charge on any atom is -0.496 e. The van der Waals surface area contributed by atoms with Crippen molar-refractivity contribution in [2.75, 3.05) is 21.3 Å². The Balaban J connectivity index is 1.97. The summed E-state index contributed by atoms with van der Waals surface area (Å²) in [5, 5.41) is 3.99. The Kier molecular flexibility index (Phi) is 6.83. The molecule has 6 heteroatoms. The average Bonchev–Trinajstić information content (AvgIpc) is 2.66. The molecule has 0 aliphatic carbocycles. The van der Waals surface area contributed by atoms with E-state index >= 15 is 0 Å². The molecule has 132 valence electrons. The fourth-order valence-electron chi connectivity index (χ4n) is 2.29. The van der Waals surface area contributed by atoms with Crippen LogP contribution in [0.4, 0.5) is 0 Å². The first kappa shape index (κ1) is 18.3. The van der Waals surface area contributed by atoms with Gasteiger partial charge in [-0.1, -0.05) is 30.3 Å². The van der Waals surface area contributed by atoms with Gasteiger partial charge in [-0.05, 0) is 18.1 Å². The molecule has 1 amide bonds. The van der Waals surface area contributed by atoms with Gasteiger partial charge < -0.3 is 14.2 Å². The topological polar surface area (TPSA) is 69.2 Å². The molecule has 6 nitrogen and oxygen atoms in total. The number of hydrazone groups is 1. The third-order valence-electron chi connectivity index (χ3n) is 3.61. The number of benzene rings is 2. The molecular formula is C19H22N2O4. The maximum absolute atomic E-state index is 11.9. The molecule has 0 saturated carbocycles. The number of hydrogen-bond donors (Lipinski definition) is 1. The molecule has 2 rings (SSSR count). The van der Waals surface area contributed by atoms with E-state index in [4.69, 9.17) is 14.2 Å². The van der Waals surface area contributed by atoms with Crippen molar-refractivity contribution < 1.29 is 19.0 Å². The first-order valence-corrected chi connectivity index (χ1v) is 7.83. The highest BCUT2D eigenvalue weighted by atomic mass is 16.5. The molecule has 0 fully saturated rings. The summed E-state index contributed by atoms with van der Waals surface area (Å²) in [6.45, 7) is 0. The molecule has 0 aromatic heterocycles. The molecule has 0 saturated heterocycles. The van der Waals surface area contributed by atoms with Gasteiger partial charge in [-0.15, -0.1) is 0 Å². The van der Waals surface area contributed by atoms with Crippen molar-refractivity contribution in [3.05, 3.63) is 53.6 Å². The van der Waals surface area contributed by atoms with Crippen molar-refractivity contribution in [1.29, 1.82) is 0 Å². The molecule has 25 heavy (non-hydrogen) atoms. The molecule has 0 bridgehead atoms. The molecule has 0 radical (unpaired) electrons. The largest absolute Gasteiger partial charge is 0.496 e. The number of carbonyl (C=O) groups excluding carboxylic acids is 1. The van der Waals surface area contributed by atoms with E-state index in [1.54, 1.807) is 33.5 Å². The maximum Gasteiger partial charge on any atom is 0.240 e. The number of ether oxygens (including phenoxy) is 3. The Morgan fingerprint density at radius 3 is 2.28 bits per heavy atom. The van der Waals surface area contributed by atoms with E-state index < -0.39 is 0 Å². The van der Waals surface area contributed by atoms with E-state index in [1.165, 1.54) is 6.21 Å². The first-order chi connectivity index (χ1) is 12.2. The Morgan fingerprint density at radius 2 is 1.64 bits per heavy atom. The normalized spacial score (nSPS) is 10.5. The number of rotatable bonds is 8. The van der Waals surface area contributed by atoms with E-state index in [1.807, 2.05) is 30.3 Å². The standard InChI is InChI=1S/C19H22N2O4/c1-23-16-12-18(25-3)17(24-2)11-15(16)13-20-21-19(22)10-9-14-7-5-4-6-8-14/h4-8,11-13H,9-10H2,1-3H3,(H,21,22)/b20-13+. The Labute approximate surface area is 147 Å². The van der Waals surface area contributed by atoms with Gasteiger partial charge in [0.2, 0.25) is 5.91 Å². The van der Waals surface area contributed by atoms with Crippen molar-refractivity contribution in [2.45, 2.75) is 12.8 Å². The van der Waals surface area contributed by atoms with Crippen LogP contribution in [0, 0.1) is 0 Å². The summed E-state index contributed by atoms with van der Waals surface area (Å²) in [7, 11) is 4.66. The lowest BCUT2D eigenvalue weighted by Gasteiger charge is -2.11. The van der Waals surface area contributed by atoms with Crippen LogP contribution in [0.25, 0.3) is 0 Å². The number of nitrogens with one attached hydrogen (secondary N) is 1. The lowest BCUT2D eigenvalue weighted by atomic mass is 10.1. The minimum absolute atomic E-state index is 0.153. The SMILES string of the molecule is COc1cc(OC)c(OC)cc1/C=N/NC(=O)CCc1ccccc1. The smallest absolute Gasteiger partial charge is 0.240 e. The van der Waals surface area contributed by atoms with Crippen molar-refractivity contribution in [2.24, 2.45) is 5.10 Å². The zero-order chi connectivity index (χ0) is 18.1. The van der Waals surface area contributed by atoms with E-state index in [0.29, 0.717) is 35.7 Å². The first-order valence-electron chi connectivity index (χ1n) is 7.83. The summed E-state index contributed by atoms with van der Waals surface area (Å²) < 4.78 is 15.8. The van der Waals surface area contributed by atoms with Gasteiger partial charge in [-0.3, -0.25) is 4.79 Å². The number of amides is 1. The summed E-state index contributed by atoms with van der Waals surface area (Å²) in [6.07, 6.45) is 2.55. The summed E-state index contributed by atoms with van der Waals surface area (Å²) in [5.74, 6) is 1.53. The van der Waals surface area contributed by atoms with Crippen molar-refractivity contribution >= 4 is 12.1 Å². The van der Waals surface area contributed by atoms with Gasteiger partial charge in [0.25, 0.3) is 0 Å². The van der Waals surface area contributed by atoms with E-state index in [2.05, 4.69) is 10.5 Å². The fraction of sp³-hybridized carbons (Fsp3) is 0.263. The third kappa shape index (κ3) is 5.24. The van der Waals surface area contributed by atoms with Crippen LogP contribution in [0.2, 0.25) is 0 Å². The zero-order valence-corrected chi connectivity index (χ0v) is 14.6. The third-order valence-corrected chi connectivity index (χ3v) is 3.61. The molecule has 0 unspecified atom stereocenters. The lowest BCUT2D eigenvalue weighted by molar-refractivity contribution is -0.121. The van der Waals surface area contributed by atoms with Crippen LogP contribution in [0.3, 0.4) is 0 Å². The van der Waals surface area contributed by atoms with Crippen LogP contribution in [0.5, 0.6) is 17.2 Å². The Hall–Kier alpha value is -3.02. The summed E-state index contributed by atoms with van der Waals surface area (Å²) in [5.41, 5.74) is 4.31. The highest BCUT2D eigenvalue weighted by molar-refractivity contribution is 5.86. The monoisotopic (exact) mass is 342 g/mol. The van der Waals surface area contributed by atoms with Gasteiger partial charge in [0.05, 0.1) is 27.5 Å². The summed E-state index contributed by atoms with van der Waals surface area (Å²) >= 11 is 0. The lowest BCUT2D eigenvalue weighted by Crippen LogP contribution is -2.18. The molecule has 0 heterocycles. The van der Waals surface area contributed by atoms with Crippen LogP contribution in [0.15, 0.2) is 47.6 Å². The van der Waals surface area contributed by atoms with Crippen molar-refractivity contribution in [3.8, 4) is 17.2 Å². The van der Waals surface area contributed by atoms with Gasteiger partial charge in [0.15, 0.2) is 11.5 Å². The van der Waals surface area contributed by atoms with E-state index in [-0.39, 0.29) is 5.91 Å². The fourth-order valence-corrected chi connectivity index (χ4v) is 2.29. The minimum atomic E-state index is -0.153. The average molecular weight is 342 g/mol. The predicted octanol–water partition coefficient (Wildman–Crippen LogP) is 2.80. The maximum atomic E-state index is 11.9. The second kappa shape index (κ2) is 9.32. The number of nitrogens with zero attached hydrogens (tertiary/aromatic N) is 1. The van der Waals surface area contributed by atoms with Crippen LogP contribution < -0.4 is 19.6 Å². The van der Waals surface area contributed by atoms with Crippen LogP contribution in [-0.4, -0.2) is 33.5 Å². The van der Waals surface area contributed by atoms with Gasteiger partial charge in [-0.25, -0.2) is 5.43 Å². The second-order valence-corrected chi connectivity index (χ2v) is 5.23. The molecule has 0 spiro atoms. The second-order valence-electron chi connectivity index (χ2n) is 5.23. The molecule has 0 aliphatic rings. The quantitative estimate of drug-likeness (QED) is 0.592. The Bertz CT molecular complexity index is 730. The van der Waals surface area contributed by atoms with Gasteiger partial charge in [0, 0.05) is 18.1 Å². The number of carbonyl (C=O) groups is 1. The molecule has 0 atom stereocenters. The van der Waals surface area contributed by atoms with Crippen molar-refractivity contribution in [1.82, 2.24) is 5.43 Å². The van der Waals surface area contributed by atoms with E-state index in [0.717, 1.165) is 5.56 Å². The van der Waals surface area contributed by atoms with Gasteiger partial charge in [-0.2, -0.15) is 5.10 Å². The molecular weight excluding hydrogens is 320 g/mol. The Morgan fingerprint density at radius 1 is 1.00 bits per heavy atom. The molecule has 2 aromatic carbocycles. The summed E-state index contributed by atoms with van der Waals surface area (Å²) in [4.78, 5) is 11.9. The summed E-state index contributed by atoms with van der Waals surface area (Å²) in [6, 6.07) is 13.3. The molecule has 2 aromatic rings. The molecule has 0 aliphatic heterocycles. The van der Waals surface area contributed by atoms with Crippen molar-refractivity contribution in [3.63, 3.8) is 0 Å². The number of hydrogen-bond acceptors (Lipinski definition) is 5. The predicted molar refractivity (Wildman–Crippen MR) is 96.6 cm³/mol. The van der Waals surface area contributed by atoms with Gasteiger partial charge >= 0.3 is 0 Å². The molecule has 1 N–H and O–H groups in total. The number of methoxy groups -OCH3 is 3. The van der Waals surface area contributed by atoms with Crippen LogP contribution in [-0.2, 0) is 11.2 Å². The highest BCUT2D eigenvalue weighted by Crippen LogP contribution is 2.33.